The van der Waals surface area contributed by atoms with Gasteiger partial charge in [0.15, 0.2) is 0 Å². The normalized spacial score (nSPS) is 17.6. The maximum absolute atomic E-state index is 17.3. The molecule has 77 heavy (non-hydrogen) atoms. The van der Waals surface area contributed by atoms with Gasteiger partial charge in [-0.2, -0.15) is 16.7 Å². The van der Waals surface area contributed by atoms with Crippen molar-refractivity contribution in [1.29, 1.82) is 0 Å². The Labute approximate surface area is 484 Å². The minimum absolute atomic E-state index is 0.383. The number of fused-ring (bicyclic) bond motifs is 5. The summed E-state index contributed by atoms with van der Waals surface area (Å²) in [6.45, 7) is 10.8. The Morgan fingerprint density at radius 2 is 0.896 bits per heavy atom. The quantitative estimate of drug-likeness (QED) is 0.0330. The van der Waals surface area contributed by atoms with Crippen LogP contribution in [0.5, 0.6) is 0 Å². The Hall–Kier alpha value is -3.78. The molecule has 0 radical (unpaired) electrons. The van der Waals surface area contributed by atoms with Crippen LogP contribution in [0.1, 0.15) is 127 Å². The van der Waals surface area contributed by atoms with Gasteiger partial charge in [0.05, 0.1) is 9.75 Å². The smallest absolute Gasteiger partial charge is 0.213 e. The van der Waals surface area contributed by atoms with Gasteiger partial charge in [0, 0.05) is 57.5 Å². The summed E-state index contributed by atoms with van der Waals surface area (Å²) in [5.74, 6) is -0.137. The second kappa shape index (κ2) is 22.3. The lowest BCUT2D eigenvalue weighted by atomic mass is 10.0. The standard InChI is InChI=1S/C60H64F2N6S8Si/c1-5-9-13-15-19-37-21-23-39(69-37)41-25-27-43(71-41)49-53-55-51(63-59(49)61)45-29-47-57(73-45)58-48-30-46(74-58)52-56-54(50(60(62)64-52)44-28-26-42(72-44)40-24-22-38(70-40)20-16-14-10-6-2)66-76-68(56)32-36(18-12-8-4)34-77(47,48)33-35(17-11-7-3)31-67(55)75-65-53/h21-30,35-36H,5-20,31-34H2,1-4H3/q+2. The van der Waals surface area contributed by atoms with Crippen LogP contribution in [0.25, 0.3) is 93.4 Å². The van der Waals surface area contributed by atoms with Gasteiger partial charge in [-0.1, -0.05) is 91.9 Å². The third-order valence-electron chi connectivity index (χ3n) is 16.5. The van der Waals surface area contributed by atoms with Crippen molar-refractivity contribution in [3.05, 3.63) is 82.3 Å². The number of hydrogen-bond acceptors (Lipinski definition) is 12. The first-order valence-corrected chi connectivity index (χ1v) is 37.0. The fourth-order valence-corrected chi connectivity index (χ4v) is 28.9. The first kappa shape index (κ1) is 52.6. The van der Waals surface area contributed by atoms with Crippen LogP contribution < -0.4 is 18.3 Å². The van der Waals surface area contributed by atoms with E-state index < -0.39 is 20.0 Å². The van der Waals surface area contributed by atoms with Crippen molar-refractivity contribution < 1.29 is 16.7 Å². The molecule has 0 saturated heterocycles. The molecule has 2 unspecified atom stereocenters. The predicted molar refractivity (Wildman–Crippen MR) is 330 cm³/mol. The Kier molecular flexibility index (Phi) is 15.2. The molecule has 0 N–H and O–H groups in total. The Morgan fingerprint density at radius 1 is 0.481 bits per heavy atom. The van der Waals surface area contributed by atoms with E-state index in [0.29, 0.717) is 34.4 Å². The van der Waals surface area contributed by atoms with E-state index >= 15 is 8.78 Å². The van der Waals surface area contributed by atoms with Crippen molar-refractivity contribution in [3.8, 4) is 71.3 Å². The van der Waals surface area contributed by atoms with Crippen LogP contribution in [0.2, 0.25) is 12.1 Å². The number of thiophene rings is 6. The maximum atomic E-state index is 17.3. The van der Waals surface area contributed by atoms with Crippen molar-refractivity contribution in [3.63, 3.8) is 0 Å². The molecule has 13 heterocycles. The maximum Gasteiger partial charge on any atom is 0.278 e. The van der Waals surface area contributed by atoms with Gasteiger partial charge >= 0.3 is 0 Å². The van der Waals surface area contributed by atoms with Crippen molar-refractivity contribution >= 4 is 132 Å². The van der Waals surface area contributed by atoms with E-state index in [1.165, 1.54) is 114 Å². The fraction of sp³-hybridized carbons (Fsp3) is 0.433. The number of pyridine rings is 2. The molecular weight excluding hydrogens is 1130 g/mol. The molecule has 3 aliphatic rings. The molecule has 0 fully saturated rings. The first-order valence-electron chi connectivity index (χ1n) is 28.2. The molecule has 17 heteroatoms. The number of halogens is 2. The zero-order valence-electron chi connectivity index (χ0n) is 44.3. The summed E-state index contributed by atoms with van der Waals surface area (Å²) in [5, 5.41) is 3.01. The highest BCUT2D eigenvalue weighted by molar-refractivity contribution is 7.32. The molecule has 0 aromatic carbocycles. The van der Waals surface area contributed by atoms with Crippen molar-refractivity contribution in [2.75, 3.05) is 0 Å². The highest BCUT2D eigenvalue weighted by Crippen LogP contribution is 2.52. The number of aromatic nitrogens is 6. The van der Waals surface area contributed by atoms with Crippen LogP contribution in [-0.2, 0) is 25.9 Å². The molecule has 6 nitrogen and oxygen atoms in total. The summed E-state index contributed by atoms with van der Waals surface area (Å²) < 4.78 is 49.7. The molecule has 0 amide bonds. The lowest BCUT2D eigenvalue weighted by Gasteiger charge is -2.35. The molecule has 2 atom stereocenters. The van der Waals surface area contributed by atoms with Gasteiger partial charge in [-0.05, 0) is 133 Å². The van der Waals surface area contributed by atoms with Gasteiger partial charge in [0.1, 0.15) is 43.7 Å². The molecule has 4 bridgehead atoms. The monoisotopic (exact) mass is 1190 g/mol. The van der Waals surface area contributed by atoms with Crippen LogP contribution in [0.3, 0.4) is 0 Å². The van der Waals surface area contributed by atoms with E-state index in [1.54, 1.807) is 45.3 Å². The molecule has 3 aliphatic heterocycles. The zero-order chi connectivity index (χ0) is 52.4. The second-order valence-electron chi connectivity index (χ2n) is 21.8. The van der Waals surface area contributed by atoms with Gasteiger partial charge in [0.25, 0.3) is 34.5 Å². The average molecular weight is 1190 g/mol. The Morgan fingerprint density at radius 3 is 1.34 bits per heavy atom. The molecule has 10 aromatic rings. The third kappa shape index (κ3) is 9.64. The summed E-state index contributed by atoms with van der Waals surface area (Å²) in [4.78, 5) is 24.1. The Bertz CT molecular complexity index is 3530. The van der Waals surface area contributed by atoms with Crippen LogP contribution in [0.15, 0.2) is 60.7 Å². The summed E-state index contributed by atoms with van der Waals surface area (Å²) in [7, 11) is -2.54. The van der Waals surface area contributed by atoms with E-state index in [-0.39, 0.29) is 0 Å². The van der Waals surface area contributed by atoms with E-state index in [2.05, 4.69) is 96.3 Å². The lowest BCUT2D eigenvalue weighted by Crippen LogP contribution is -2.58. The van der Waals surface area contributed by atoms with Crippen molar-refractivity contribution in [2.24, 2.45) is 11.8 Å². The first-order chi connectivity index (χ1) is 37.7. The van der Waals surface area contributed by atoms with E-state index in [0.717, 1.165) is 128 Å². The Balaban J connectivity index is 0.912. The van der Waals surface area contributed by atoms with Crippen LogP contribution in [0.4, 0.5) is 8.78 Å². The summed E-state index contributed by atoms with van der Waals surface area (Å²) in [6.07, 6.45) is 19.0. The topological polar surface area (TPSA) is 59.3 Å². The lowest BCUT2D eigenvalue weighted by molar-refractivity contribution is -0.610. The largest absolute Gasteiger partial charge is 0.278 e. The van der Waals surface area contributed by atoms with E-state index in [1.807, 2.05) is 22.7 Å². The molecule has 398 valence electrons. The number of unbranched alkanes of at least 4 members (excludes halogenated alkanes) is 8. The number of hydrogen-bond donors (Lipinski definition) is 0. The van der Waals surface area contributed by atoms with E-state index in [4.69, 9.17) is 18.7 Å². The third-order valence-corrected chi connectivity index (χ3v) is 31.1. The number of nitrogens with zero attached hydrogens (tertiary/aromatic N) is 6. The van der Waals surface area contributed by atoms with Gasteiger partial charge in [-0.25, -0.2) is 9.97 Å². The fourth-order valence-electron chi connectivity index (χ4n) is 12.7. The highest BCUT2D eigenvalue weighted by Gasteiger charge is 2.52. The van der Waals surface area contributed by atoms with Crippen molar-refractivity contribution in [2.45, 2.75) is 156 Å². The van der Waals surface area contributed by atoms with E-state index in [9.17, 15) is 0 Å². The predicted octanol–water partition coefficient (Wildman–Crippen LogP) is 18.3. The molecule has 13 rings (SSSR count). The molecule has 1 spiro atoms. The molecule has 0 aliphatic carbocycles. The van der Waals surface area contributed by atoms with Crippen LogP contribution in [0, 0.1) is 23.7 Å². The van der Waals surface area contributed by atoms with Crippen LogP contribution in [-0.4, -0.2) is 26.8 Å². The minimum atomic E-state index is -2.54. The second-order valence-corrected chi connectivity index (χ2v) is 34.0. The van der Waals surface area contributed by atoms with Crippen LogP contribution >= 0.6 is 91.5 Å². The highest BCUT2D eigenvalue weighted by atomic mass is 32.1. The summed E-state index contributed by atoms with van der Waals surface area (Å²) in [6, 6.07) is 24.7. The molecule has 10 aromatic heterocycles. The molecular formula is C60H64F2N6S8Si+2. The SMILES string of the molecule is CCCCCCc1ccc(-c2ccc(-c3c(F)nc4c5c3ns[n+]5CC(CCCC)C[Si]35CC(CCCC)C[n+]6snc7c(-c8ccc(-c9ccc(CCCCCC)s9)s8)c(F)nc(c76)-c6cc3c(s6)-c3sc-4cc35)s2)s1. The molecule has 0 saturated carbocycles. The van der Waals surface area contributed by atoms with Crippen molar-refractivity contribution in [1.82, 2.24) is 18.7 Å². The number of rotatable bonds is 20. The average Bonchev–Trinajstić information content (AvgIpc) is 4.48. The minimum Gasteiger partial charge on any atom is -0.213 e. The number of aryl methyl sites for hydroxylation is 2. The summed E-state index contributed by atoms with van der Waals surface area (Å²) in [5.41, 5.74) is 5.81. The zero-order valence-corrected chi connectivity index (χ0v) is 51.8. The van der Waals surface area contributed by atoms with Gasteiger partial charge in [-0.15, -0.1) is 68.0 Å². The van der Waals surface area contributed by atoms with Gasteiger partial charge in [0.2, 0.25) is 22.9 Å². The van der Waals surface area contributed by atoms with Gasteiger partial charge in [-0.3, -0.25) is 0 Å². The summed E-state index contributed by atoms with van der Waals surface area (Å²) >= 11 is 13.6. The van der Waals surface area contributed by atoms with Gasteiger partial charge < -0.3 is 0 Å².